The van der Waals surface area contributed by atoms with E-state index in [-0.39, 0.29) is 34.4 Å². The Morgan fingerprint density at radius 1 is 1.00 bits per heavy atom. The predicted molar refractivity (Wildman–Crippen MR) is 160 cm³/mol. The van der Waals surface area contributed by atoms with Gasteiger partial charge in [0, 0.05) is 21.8 Å². The van der Waals surface area contributed by atoms with Crippen molar-refractivity contribution in [1.29, 1.82) is 0 Å². The molecular formula is C30H26Cl2N2O6S. The Balaban J connectivity index is 1.41. The van der Waals surface area contributed by atoms with Crippen LogP contribution in [0.2, 0.25) is 10.0 Å². The molecule has 3 amide bonds. The molecule has 4 rings (SSSR count). The number of benzene rings is 3. The van der Waals surface area contributed by atoms with Gasteiger partial charge in [-0.2, -0.15) is 0 Å². The fourth-order valence-electron chi connectivity index (χ4n) is 3.77. The molecule has 1 N–H and O–H groups in total. The van der Waals surface area contributed by atoms with Crippen molar-refractivity contribution < 1.29 is 28.7 Å². The molecule has 1 aliphatic heterocycles. The zero-order chi connectivity index (χ0) is 29.4. The third kappa shape index (κ3) is 7.91. The largest absolute Gasteiger partial charge is 0.488 e. The van der Waals surface area contributed by atoms with Crippen LogP contribution in [0.1, 0.15) is 41.3 Å². The molecule has 1 heterocycles. The smallest absolute Gasteiger partial charge is 0.339 e. The van der Waals surface area contributed by atoms with Gasteiger partial charge in [0.05, 0.1) is 22.1 Å². The van der Waals surface area contributed by atoms with E-state index in [2.05, 4.69) is 5.32 Å². The number of imide groups is 1. The highest BCUT2D eigenvalue weighted by Crippen LogP contribution is 2.34. The van der Waals surface area contributed by atoms with Crippen LogP contribution in [0.4, 0.5) is 10.5 Å². The van der Waals surface area contributed by atoms with Crippen LogP contribution in [0.3, 0.4) is 0 Å². The quantitative estimate of drug-likeness (QED) is 0.139. The molecule has 0 spiro atoms. The van der Waals surface area contributed by atoms with Gasteiger partial charge < -0.3 is 14.8 Å². The Hall–Kier alpha value is -3.79. The van der Waals surface area contributed by atoms with Gasteiger partial charge in [-0.25, -0.2) is 4.79 Å². The first-order valence-electron chi connectivity index (χ1n) is 12.7. The van der Waals surface area contributed by atoms with E-state index in [1.807, 2.05) is 25.1 Å². The van der Waals surface area contributed by atoms with E-state index >= 15 is 0 Å². The Morgan fingerprint density at radius 2 is 1.76 bits per heavy atom. The summed E-state index contributed by atoms with van der Waals surface area (Å²) in [6.45, 7) is 1.94. The minimum atomic E-state index is -0.621. The average Bonchev–Trinajstić information content (AvgIpc) is 3.21. The van der Waals surface area contributed by atoms with Crippen LogP contribution in [0.15, 0.2) is 71.6 Å². The zero-order valence-electron chi connectivity index (χ0n) is 22.0. The topological polar surface area (TPSA) is 102 Å². The van der Waals surface area contributed by atoms with Gasteiger partial charge in [0.15, 0.2) is 0 Å². The van der Waals surface area contributed by atoms with E-state index < -0.39 is 29.6 Å². The summed E-state index contributed by atoms with van der Waals surface area (Å²) in [6, 6.07) is 18.8. The minimum Gasteiger partial charge on any atom is -0.488 e. The first kappa shape index (κ1) is 30.2. The summed E-state index contributed by atoms with van der Waals surface area (Å²) in [7, 11) is 0. The van der Waals surface area contributed by atoms with Crippen molar-refractivity contribution in [2.24, 2.45) is 0 Å². The molecule has 1 fully saturated rings. The second-order valence-electron chi connectivity index (χ2n) is 8.92. The lowest BCUT2D eigenvalue weighted by atomic mass is 10.1. The van der Waals surface area contributed by atoms with Crippen LogP contribution < -0.4 is 10.1 Å². The molecule has 3 aromatic rings. The van der Waals surface area contributed by atoms with Crippen molar-refractivity contribution in [1.82, 2.24) is 4.90 Å². The summed E-state index contributed by atoms with van der Waals surface area (Å²) < 4.78 is 11.1. The van der Waals surface area contributed by atoms with Crippen molar-refractivity contribution in [2.45, 2.75) is 26.4 Å². The maximum Gasteiger partial charge on any atom is 0.339 e. The summed E-state index contributed by atoms with van der Waals surface area (Å²) in [5.41, 5.74) is 1.77. The lowest BCUT2D eigenvalue weighted by Crippen LogP contribution is -2.36. The number of thioether (sulfide) groups is 1. The highest BCUT2D eigenvalue weighted by Gasteiger charge is 2.36. The number of para-hydroxylation sites is 1. The Bertz CT molecular complexity index is 1510. The molecule has 0 aromatic heterocycles. The number of nitrogens with one attached hydrogen (secondary N) is 1. The maximum atomic E-state index is 13.1. The van der Waals surface area contributed by atoms with E-state index in [0.717, 1.165) is 28.6 Å². The van der Waals surface area contributed by atoms with Gasteiger partial charge in [-0.3, -0.25) is 19.3 Å². The van der Waals surface area contributed by atoms with E-state index in [4.69, 9.17) is 32.7 Å². The first-order chi connectivity index (χ1) is 19.8. The normalized spacial score (nSPS) is 13.9. The van der Waals surface area contributed by atoms with Crippen LogP contribution in [0, 0.1) is 0 Å². The Kier molecular flexibility index (Phi) is 10.5. The van der Waals surface area contributed by atoms with E-state index in [9.17, 15) is 19.2 Å². The fourth-order valence-corrected chi connectivity index (χ4v) is 4.98. The van der Waals surface area contributed by atoms with Crippen molar-refractivity contribution in [3.05, 3.63) is 98.4 Å². The van der Waals surface area contributed by atoms with Gasteiger partial charge in [0.25, 0.3) is 11.1 Å². The second kappa shape index (κ2) is 14.2. The number of rotatable bonds is 11. The minimum absolute atomic E-state index is 0.102. The van der Waals surface area contributed by atoms with Gasteiger partial charge >= 0.3 is 5.97 Å². The van der Waals surface area contributed by atoms with Gasteiger partial charge in [0.2, 0.25) is 5.91 Å². The monoisotopic (exact) mass is 612 g/mol. The number of halogens is 2. The highest BCUT2D eigenvalue weighted by molar-refractivity contribution is 8.18. The predicted octanol–water partition coefficient (Wildman–Crippen LogP) is 7.20. The third-order valence-electron chi connectivity index (χ3n) is 5.92. The van der Waals surface area contributed by atoms with Crippen LogP contribution in [0.25, 0.3) is 6.08 Å². The molecule has 8 nitrogen and oxygen atoms in total. The SMILES string of the molecule is CCCCOC(=O)c1cc(NC(=O)CN2C(=O)S/C(=C/c3ccccc3OCc3ccccc3Cl)C2=O)ccc1Cl. The van der Waals surface area contributed by atoms with Crippen LogP contribution in [0.5, 0.6) is 5.75 Å². The molecule has 0 saturated carbocycles. The fraction of sp³-hybridized carbons (Fsp3) is 0.200. The third-order valence-corrected chi connectivity index (χ3v) is 7.53. The zero-order valence-corrected chi connectivity index (χ0v) is 24.4. The van der Waals surface area contributed by atoms with E-state index in [1.54, 1.807) is 36.4 Å². The summed E-state index contributed by atoms with van der Waals surface area (Å²) >= 11 is 13.1. The van der Waals surface area contributed by atoms with Crippen LogP contribution in [-0.2, 0) is 20.9 Å². The van der Waals surface area contributed by atoms with Gasteiger partial charge in [-0.1, -0.05) is 72.9 Å². The molecule has 3 aromatic carbocycles. The number of nitrogens with zero attached hydrogens (tertiary/aromatic N) is 1. The first-order valence-corrected chi connectivity index (χ1v) is 14.3. The molecule has 1 aliphatic rings. The number of hydrogen-bond donors (Lipinski definition) is 1. The Morgan fingerprint density at radius 3 is 2.54 bits per heavy atom. The molecule has 0 unspecified atom stereocenters. The molecule has 11 heteroatoms. The lowest BCUT2D eigenvalue weighted by Gasteiger charge is -2.13. The highest BCUT2D eigenvalue weighted by atomic mass is 35.5. The van der Waals surface area contributed by atoms with E-state index in [0.29, 0.717) is 22.8 Å². The van der Waals surface area contributed by atoms with Gasteiger partial charge in [-0.05, 0) is 54.6 Å². The number of amides is 3. The van der Waals surface area contributed by atoms with Crippen molar-refractivity contribution in [2.75, 3.05) is 18.5 Å². The molecule has 0 radical (unpaired) electrons. The lowest BCUT2D eigenvalue weighted by molar-refractivity contribution is -0.127. The van der Waals surface area contributed by atoms with E-state index in [1.165, 1.54) is 18.2 Å². The molecular weight excluding hydrogens is 587 g/mol. The summed E-state index contributed by atoms with van der Waals surface area (Å²) in [4.78, 5) is 51.8. The molecule has 0 bridgehead atoms. The molecule has 41 heavy (non-hydrogen) atoms. The van der Waals surface area contributed by atoms with Crippen LogP contribution >= 0.6 is 35.0 Å². The summed E-state index contributed by atoms with van der Waals surface area (Å²) in [5.74, 6) is -1.33. The van der Waals surface area contributed by atoms with Gasteiger partial charge in [0.1, 0.15) is 18.9 Å². The number of hydrogen-bond acceptors (Lipinski definition) is 7. The molecule has 0 atom stereocenters. The van der Waals surface area contributed by atoms with Crippen molar-refractivity contribution in [3.8, 4) is 5.75 Å². The number of carbonyl (C=O) groups is 4. The number of esters is 1. The summed E-state index contributed by atoms with van der Waals surface area (Å²) in [5, 5.41) is 2.77. The average molecular weight is 614 g/mol. The second-order valence-corrected chi connectivity index (χ2v) is 10.7. The number of carbonyl (C=O) groups excluding carboxylic acids is 4. The van der Waals surface area contributed by atoms with Crippen molar-refractivity contribution in [3.63, 3.8) is 0 Å². The molecule has 212 valence electrons. The van der Waals surface area contributed by atoms with Crippen LogP contribution in [-0.4, -0.2) is 41.1 Å². The Labute approximate surface area is 251 Å². The molecule has 1 saturated heterocycles. The van der Waals surface area contributed by atoms with Crippen molar-refractivity contribution >= 4 is 69.8 Å². The maximum absolute atomic E-state index is 13.1. The number of unbranched alkanes of at least 4 members (excludes halogenated alkanes) is 1. The number of anilines is 1. The number of ether oxygens (including phenoxy) is 2. The standard InChI is InChI=1S/C30H26Cl2N2O6S/c1-2-3-14-39-29(37)22-16-21(12-13-24(22)32)33-27(35)17-34-28(36)26(41-30(34)38)15-19-8-5-7-11-25(19)40-18-20-9-4-6-10-23(20)31/h4-13,15-16H,2-3,14,17-18H2,1H3,(H,33,35)/b26-15+. The van der Waals surface area contributed by atoms with Gasteiger partial charge in [-0.15, -0.1) is 0 Å². The molecule has 0 aliphatic carbocycles. The summed E-state index contributed by atoms with van der Waals surface area (Å²) in [6.07, 6.45) is 3.14.